The summed E-state index contributed by atoms with van der Waals surface area (Å²) in [6.45, 7) is 14.4. The third kappa shape index (κ3) is 9.33. The third-order valence-corrected chi connectivity index (χ3v) is 7.62. The van der Waals surface area contributed by atoms with Gasteiger partial charge in [-0.3, -0.25) is 9.59 Å². The van der Waals surface area contributed by atoms with Crippen molar-refractivity contribution in [3.63, 3.8) is 0 Å². The van der Waals surface area contributed by atoms with E-state index in [1.54, 1.807) is 32.3 Å². The number of fused-ring (bicyclic) bond motifs is 2. The Morgan fingerprint density at radius 3 is 2.49 bits per heavy atom. The number of nitrogens with one attached hydrogen (secondary N) is 1. The summed E-state index contributed by atoms with van der Waals surface area (Å²) in [7, 11) is 1.55. The van der Waals surface area contributed by atoms with Gasteiger partial charge in [0.05, 0.1) is 17.9 Å². The number of aromatic hydroxyl groups is 2. The maximum atomic E-state index is 13.0. The molecule has 0 aliphatic carbocycles. The maximum Gasteiger partial charge on any atom is 0.303 e. The highest BCUT2D eigenvalue weighted by atomic mass is 16.5. The Morgan fingerprint density at radius 2 is 1.88 bits per heavy atom. The molecule has 1 amide bonds. The first-order valence-electron chi connectivity index (χ1n) is 14.2. The lowest BCUT2D eigenvalue weighted by atomic mass is 9.86. The average molecular weight is 570 g/mol. The van der Waals surface area contributed by atoms with E-state index in [1.165, 1.54) is 13.0 Å². The molecule has 1 aromatic rings. The van der Waals surface area contributed by atoms with Crippen LogP contribution in [0.5, 0.6) is 11.5 Å². The topological polar surface area (TPSA) is 125 Å². The van der Waals surface area contributed by atoms with Crippen LogP contribution in [0.3, 0.4) is 0 Å². The van der Waals surface area contributed by atoms with Gasteiger partial charge in [-0.1, -0.05) is 51.2 Å². The van der Waals surface area contributed by atoms with Crippen molar-refractivity contribution in [2.45, 2.75) is 85.5 Å². The van der Waals surface area contributed by atoms with E-state index < -0.39 is 30.2 Å². The molecule has 1 aromatic carbocycles. The first-order valence-corrected chi connectivity index (χ1v) is 14.2. The van der Waals surface area contributed by atoms with Crippen LogP contribution < -0.4 is 5.32 Å². The van der Waals surface area contributed by atoms with Gasteiger partial charge in [0.1, 0.15) is 17.6 Å². The number of carbonyl (C=O) groups is 2. The number of phenols is 2. The number of methoxy groups -OCH3 is 1. The number of rotatable bonds is 5. The zero-order valence-electron chi connectivity index (χ0n) is 25.4. The molecule has 0 unspecified atom stereocenters. The van der Waals surface area contributed by atoms with Crippen LogP contribution in [0.15, 0.2) is 54.2 Å². The molecule has 1 heterocycles. The highest BCUT2D eigenvalue weighted by molar-refractivity contribution is 6.04. The van der Waals surface area contributed by atoms with Crippen molar-refractivity contribution in [3.8, 4) is 11.5 Å². The SMILES string of the molecule is C=CCCc1c(O)cc2c(O)c1C[C@@H](C)C[C@H](OC)[C@H](O)[C@@H](C)/C=C(\C)[C@H](OC(C)=O)[C@@H](C)/C=C\C=C(/C)C(=O)N2. The molecule has 4 N–H and O–H groups in total. The van der Waals surface area contributed by atoms with Gasteiger partial charge in [0, 0.05) is 48.6 Å². The summed E-state index contributed by atoms with van der Waals surface area (Å²) in [4.78, 5) is 24.9. The van der Waals surface area contributed by atoms with Crippen molar-refractivity contribution >= 4 is 17.6 Å². The average Bonchev–Trinajstić information content (AvgIpc) is 2.91. The number of aliphatic hydroxyl groups is 1. The van der Waals surface area contributed by atoms with E-state index in [2.05, 4.69) is 11.9 Å². The van der Waals surface area contributed by atoms with Crippen molar-refractivity contribution in [3.05, 3.63) is 65.3 Å². The van der Waals surface area contributed by atoms with Crippen LogP contribution in [0, 0.1) is 17.8 Å². The Morgan fingerprint density at radius 1 is 1.20 bits per heavy atom. The molecular formula is C33H47NO7. The first-order chi connectivity index (χ1) is 19.3. The highest BCUT2D eigenvalue weighted by Crippen LogP contribution is 2.40. The summed E-state index contributed by atoms with van der Waals surface area (Å²) in [5.74, 6) is -1.55. The van der Waals surface area contributed by atoms with E-state index in [0.29, 0.717) is 42.4 Å². The van der Waals surface area contributed by atoms with Crippen molar-refractivity contribution < 1.29 is 34.4 Å². The smallest absolute Gasteiger partial charge is 0.303 e. The lowest BCUT2D eigenvalue weighted by molar-refractivity contribution is -0.146. The van der Waals surface area contributed by atoms with Gasteiger partial charge in [0.2, 0.25) is 0 Å². The number of carbonyl (C=O) groups excluding carboxylic acids is 2. The summed E-state index contributed by atoms with van der Waals surface area (Å²) >= 11 is 0. The van der Waals surface area contributed by atoms with Crippen LogP contribution in [0.4, 0.5) is 5.69 Å². The fourth-order valence-corrected chi connectivity index (χ4v) is 5.31. The van der Waals surface area contributed by atoms with E-state index in [4.69, 9.17) is 9.47 Å². The summed E-state index contributed by atoms with van der Waals surface area (Å²) in [6, 6.07) is 1.37. The van der Waals surface area contributed by atoms with Crippen molar-refractivity contribution in [2.24, 2.45) is 17.8 Å². The Hall–Kier alpha value is -3.36. The summed E-state index contributed by atoms with van der Waals surface area (Å²) in [5, 5.41) is 36.2. The van der Waals surface area contributed by atoms with Crippen LogP contribution in [0.25, 0.3) is 0 Å². The number of allylic oxidation sites excluding steroid dienone is 3. The van der Waals surface area contributed by atoms with Gasteiger partial charge in [0.25, 0.3) is 5.91 Å². The van der Waals surface area contributed by atoms with Crippen LogP contribution >= 0.6 is 0 Å². The van der Waals surface area contributed by atoms with Crippen molar-refractivity contribution in [2.75, 3.05) is 12.4 Å². The molecule has 2 bridgehead atoms. The predicted octanol–water partition coefficient (Wildman–Crippen LogP) is 5.77. The second-order valence-electron chi connectivity index (χ2n) is 11.2. The van der Waals surface area contributed by atoms with Gasteiger partial charge >= 0.3 is 5.97 Å². The standard InChI is InChI=1S/C33H47NO7/c1-9-10-14-25-26-15-19(2)16-29(40-8)30(37)22(5)17-23(6)32(41-24(7)35)20(3)12-11-13-21(4)33(39)34-27(31(26)38)18-28(25)36/h9,11-13,17-20,22,29-30,32,36-38H,1,10,14-16H2,2-8H3,(H,34,39)/b12-11-,21-13+,23-17+/t19-,20+,22+,29+,30-,32-/m1/s1. The van der Waals surface area contributed by atoms with Crippen molar-refractivity contribution in [1.82, 2.24) is 0 Å². The second kappa shape index (κ2) is 15.6. The molecule has 8 nitrogen and oxygen atoms in total. The number of ether oxygens (including phenoxy) is 2. The minimum atomic E-state index is -0.846. The number of benzene rings is 1. The Labute approximate surface area is 244 Å². The number of anilines is 1. The first kappa shape index (κ1) is 33.8. The van der Waals surface area contributed by atoms with Gasteiger partial charge in [-0.2, -0.15) is 0 Å². The summed E-state index contributed by atoms with van der Waals surface area (Å²) in [6.07, 6.45) is 8.86. The fraction of sp³-hybridized carbons (Fsp3) is 0.515. The van der Waals surface area contributed by atoms with E-state index in [0.717, 1.165) is 5.57 Å². The lowest BCUT2D eigenvalue weighted by Crippen LogP contribution is -2.35. The number of hydrogen-bond acceptors (Lipinski definition) is 7. The monoisotopic (exact) mass is 569 g/mol. The number of hydrogen-bond donors (Lipinski definition) is 4. The molecule has 0 fully saturated rings. The molecule has 0 saturated heterocycles. The largest absolute Gasteiger partial charge is 0.508 e. The Bertz CT molecular complexity index is 1180. The van der Waals surface area contributed by atoms with Gasteiger partial charge in [-0.05, 0) is 51.0 Å². The fourth-order valence-electron chi connectivity index (χ4n) is 5.31. The maximum absolute atomic E-state index is 13.0. The van der Waals surface area contributed by atoms with Crippen molar-refractivity contribution in [1.29, 1.82) is 0 Å². The molecular weight excluding hydrogens is 522 g/mol. The molecule has 1 aliphatic heterocycles. The van der Waals surface area contributed by atoms with E-state index >= 15 is 0 Å². The molecule has 0 radical (unpaired) electrons. The highest BCUT2D eigenvalue weighted by Gasteiger charge is 2.29. The Kier molecular flexibility index (Phi) is 12.9. The van der Waals surface area contributed by atoms with E-state index in [9.17, 15) is 24.9 Å². The summed E-state index contributed by atoms with van der Waals surface area (Å²) in [5.41, 5.74) is 2.44. The van der Waals surface area contributed by atoms with E-state index in [-0.39, 0.29) is 34.9 Å². The van der Waals surface area contributed by atoms with Crippen LogP contribution in [-0.4, -0.2) is 52.6 Å². The zero-order chi connectivity index (χ0) is 30.9. The Balaban J connectivity index is 2.64. The number of aliphatic hydroxyl groups excluding tert-OH is 1. The molecule has 8 heteroatoms. The lowest BCUT2D eigenvalue weighted by Gasteiger charge is -2.29. The number of amides is 1. The molecule has 2 rings (SSSR count). The second-order valence-corrected chi connectivity index (χ2v) is 11.2. The molecule has 0 spiro atoms. The van der Waals surface area contributed by atoms with Gasteiger partial charge in [-0.25, -0.2) is 0 Å². The predicted molar refractivity (Wildman–Crippen MR) is 162 cm³/mol. The number of phenolic OH excluding ortho intramolecular Hbond substituents is 2. The minimum absolute atomic E-state index is 0.0162. The molecule has 0 saturated carbocycles. The third-order valence-electron chi connectivity index (χ3n) is 7.62. The molecule has 41 heavy (non-hydrogen) atoms. The van der Waals surface area contributed by atoms with Gasteiger partial charge in [0.15, 0.2) is 0 Å². The molecule has 6 atom stereocenters. The van der Waals surface area contributed by atoms with Crippen LogP contribution in [-0.2, 0) is 31.9 Å². The summed E-state index contributed by atoms with van der Waals surface area (Å²) < 4.78 is 11.4. The zero-order valence-corrected chi connectivity index (χ0v) is 25.4. The molecule has 0 aromatic heterocycles. The van der Waals surface area contributed by atoms with Gasteiger partial charge in [-0.15, -0.1) is 6.58 Å². The van der Waals surface area contributed by atoms with Gasteiger partial charge < -0.3 is 30.1 Å². The molecule has 226 valence electrons. The number of esters is 1. The molecule has 1 aliphatic rings. The normalized spacial score (nSPS) is 29.8. The van der Waals surface area contributed by atoms with Crippen LogP contribution in [0.2, 0.25) is 0 Å². The minimum Gasteiger partial charge on any atom is -0.508 e. The van der Waals surface area contributed by atoms with E-state index in [1.807, 2.05) is 39.8 Å². The quantitative estimate of drug-likeness (QED) is 0.154. The van der Waals surface area contributed by atoms with Crippen LogP contribution in [0.1, 0.15) is 65.5 Å².